The minimum Gasteiger partial charge on any atom is -0.460 e. The SMILES string of the molecule is CCCO[C@H](C[C@H](C(C)C)N(CCC)C(=O)[C@@H](NC(=O)[C@H]1CCCCN1C)[C@@H](C)CC)c1nc(C(=O)N[C@H]2Cc3ccc(F)cc3[C@H](C(=O)OC(C)CNC(=O)CCCC(=O)OCC(OC)OC(CC)CO)C2)cs1. The number of rotatable bonds is 32. The number of halogens is 1. The minimum absolute atomic E-state index is 0.0105. The van der Waals surface area contributed by atoms with Crippen LogP contribution in [0.25, 0.3) is 0 Å². The van der Waals surface area contributed by atoms with Crippen molar-refractivity contribution in [2.45, 2.75) is 194 Å². The molecule has 1 aromatic carbocycles. The maximum Gasteiger partial charge on any atom is 0.313 e. The fraction of sp³-hybridized carbons (Fsp3) is 0.727. The molecule has 4 N–H and O–H groups in total. The van der Waals surface area contributed by atoms with Crippen LogP contribution in [-0.4, -0.2) is 152 Å². The summed E-state index contributed by atoms with van der Waals surface area (Å²) in [5, 5.41) is 20.6. The average molecular weight is 1080 g/mol. The van der Waals surface area contributed by atoms with Crippen molar-refractivity contribution in [3.8, 4) is 0 Å². The number of aliphatic hydroxyl groups is 1. The van der Waals surface area contributed by atoms with Crippen molar-refractivity contribution in [2.24, 2.45) is 11.8 Å². The van der Waals surface area contributed by atoms with E-state index in [2.05, 4.69) is 34.7 Å². The van der Waals surface area contributed by atoms with E-state index in [9.17, 15) is 38.3 Å². The van der Waals surface area contributed by atoms with Crippen molar-refractivity contribution < 1.29 is 61.9 Å². The van der Waals surface area contributed by atoms with Crippen molar-refractivity contribution in [2.75, 3.05) is 53.6 Å². The second-order valence-electron chi connectivity index (χ2n) is 20.5. The first-order chi connectivity index (χ1) is 35.9. The number of piperidine rings is 1. The number of nitrogens with one attached hydrogen (secondary N) is 3. The number of aliphatic hydroxyl groups excluding tert-OH is 1. The van der Waals surface area contributed by atoms with E-state index in [0.717, 1.165) is 32.2 Å². The van der Waals surface area contributed by atoms with Gasteiger partial charge in [0, 0.05) is 57.0 Å². The quantitative estimate of drug-likeness (QED) is 0.0439. The first-order valence-corrected chi connectivity index (χ1v) is 28.1. The maximum atomic E-state index is 14.8. The number of benzene rings is 1. The summed E-state index contributed by atoms with van der Waals surface area (Å²) in [4.78, 5) is 90.1. The Morgan fingerprint density at radius 2 is 1.77 bits per heavy atom. The molecule has 0 spiro atoms. The molecule has 1 fully saturated rings. The molecular formula is C55H87FN6O12S. The number of carbonyl (C=O) groups excluding carboxylic acids is 6. The van der Waals surface area contributed by atoms with E-state index in [0.29, 0.717) is 61.4 Å². The lowest BCUT2D eigenvalue weighted by molar-refractivity contribution is -0.194. The Kier molecular flexibility index (Phi) is 27.0. The number of carbonyl (C=O) groups is 6. The van der Waals surface area contributed by atoms with Gasteiger partial charge in [-0.3, -0.25) is 33.7 Å². The Morgan fingerprint density at radius 3 is 2.43 bits per heavy atom. The van der Waals surface area contributed by atoms with Gasteiger partial charge in [0.25, 0.3) is 5.91 Å². The molecule has 18 nitrogen and oxygen atoms in total. The van der Waals surface area contributed by atoms with E-state index in [1.54, 1.807) is 18.4 Å². The molecule has 422 valence electrons. The molecule has 1 aromatic heterocycles. The van der Waals surface area contributed by atoms with Crippen molar-refractivity contribution in [1.82, 2.24) is 30.7 Å². The van der Waals surface area contributed by atoms with Gasteiger partial charge in [-0.1, -0.05) is 67.4 Å². The van der Waals surface area contributed by atoms with Gasteiger partial charge < -0.3 is 49.6 Å². The van der Waals surface area contributed by atoms with Crippen molar-refractivity contribution in [3.63, 3.8) is 0 Å². The summed E-state index contributed by atoms with van der Waals surface area (Å²) in [5.41, 5.74) is 1.32. The van der Waals surface area contributed by atoms with Crippen molar-refractivity contribution in [3.05, 3.63) is 51.2 Å². The number of nitrogens with zero attached hydrogens (tertiary/aromatic N) is 3. The van der Waals surface area contributed by atoms with Gasteiger partial charge in [-0.2, -0.15) is 0 Å². The molecule has 2 heterocycles. The van der Waals surface area contributed by atoms with Gasteiger partial charge >= 0.3 is 11.9 Å². The molecule has 10 atom stereocenters. The Morgan fingerprint density at radius 1 is 1.01 bits per heavy atom. The number of amides is 4. The minimum atomic E-state index is -0.917. The van der Waals surface area contributed by atoms with E-state index in [1.807, 2.05) is 46.6 Å². The molecule has 20 heteroatoms. The molecule has 1 aliphatic heterocycles. The van der Waals surface area contributed by atoms with E-state index >= 15 is 0 Å². The fourth-order valence-electron chi connectivity index (χ4n) is 9.59. The number of hydrogen-bond donors (Lipinski definition) is 4. The molecule has 1 saturated heterocycles. The Bertz CT molecular complexity index is 2130. The van der Waals surface area contributed by atoms with Crippen LogP contribution in [0.1, 0.15) is 171 Å². The average Bonchev–Trinajstić information content (AvgIpc) is 3.89. The number of hydrogen-bond acceptors (Lipinski definition) is 15. The van der Waals surface area contributed by atoms with Crippen LogP contribution in [0.4, 0.5) is 4.39 Å². The van der Waals surface area contributed by atoms with Crippen LogP contribution in [0, 0.1) is 17.7 Å². The molecule has 3 unspecified atom stereocenters. The molecule has 4 rings (SSSR count). The third-order valence-electron chi connectivity index (χ3n) is 14.2. The number of esters is 2. The second kappa shape index (κ2) is 32.2. The third-order valence-corrected chi connectivity index (χ3v) is 15.1. The first-order valence-electron chi connectivity index (χ1n) is 27.3. The highest BCUT2D eigenvalue weighted by Gasteiger charge is 2.39. The predicted molar refractivity (Wildman–Crippen MR) is 283 cm³/mol. The van der Waals surface area contributed by atoms with E-state index in [-0.39, 0.29) is 92.8 Å². The van der Waals surface area contributed by atoms with Crippen LogP contribution in [0.2, 0.25) is 0 Å². The Balaban J connectivity index is 1.39. The zero-order valence-corrected chi connectivity index (χ0v) is 47.0. The molecule has 4 amide bonds. The van der Waals surface area contributed by atoms with E-state index in [4.69, 9.17) is 28.7 Å². The summed E-state index contributed by atoms with van der Waals surface area (Å²) >= 11 is 1.30. The first kappa shape index (κ1) is 62.9. The van der Waals surface area contributed by atoms with Gasteiger partial charge in [0.05, 0.1) is 31.2 Å². The third kappa shape index (κ3) is 19.4. The summed E-state index contributed by atoms with van der Waals surface area (Å²) in [7, 11) is 3.37. The van der Waals surface area contributed by atoms with Crippen LogP contribution in [0.15, 0.2) is 23.6 Å². The smallest absolute Gasteiger partial charge is 0.313 e. The summed E-state index contributed by atoms with van der Waals surface area (Å²) in [6.07, 6.45) is 3.96. The summed E-state index contributed by atoms with van der Waals surface area (Å²) in [6, 6.07) is 2.45. The number of thiazole rings is 1. The molecule has 75 heavy (non-hydrogen) atoms. The Labute approximate surface area is 448 Å². The lowest BCUT2D eigenvalue weighted by atomic mass is 9.80. The molecule has 2 aliphatic rings. The number of ether oxygens (including phenoxy) is 5. The van der Waals surface area contributed by atoms with Crippen molar-refractivity contribution in [1.29, 1.82) is 0 Å². The van der Waals surface area contributed by atoms with Gasteiger partial charge in [0.2, 0.25) is 17.7 Å². The van der Waals surface area contributed by atoms with Crippen molar-refractivity contribution >= 4 is 46.9 Å². The van der Waals surface area contributed by atoms with Crippen LogP contribution >= 0.6 is 11.3 Å². The number of fused-ring (bicyclic) bond motifs is 1. The number of likely N-dealkylation sites (tertiary alicyclic amines) is 1. The highest BCUT2D eigenvalue weighted by atomic mass is 32.1. The summed E-state index contributed by atoms with van der Waals surface area (Å²) < 4.78 is 42.8. The summed E-state index contributed by atoms with van der Waals surface area (Å²) in [6.45, 7) is 17.1. The molecular weight excluding hydrogens is 988 g/mol. The van der Waals surface area contributed by atoms with Gasteiger partial charge in [-0.25, -0.2) is 9.37 Å². The van der Waals surface area contributed by atoms with E-state index in [1.165, 1.54) is 30.6 Å². The monoisotopic (exact) mass is 1070 g/mol. The fourth-order valence-corrected chi connectivity index (χ4v) is 10.4. The standard InChI is InChI=1S/C55H87FN6O12S/c1-11-23-62(54(68)50(35(7)13-3)60-52(67)44-18-15-16-24-61(44)9)45(34(5)6)29-46(71-25-12-2)53-59-43(33-75-53)51(66)58-39-26-37-21-22-38(56)27-41(37)42(28-39)55(69)73-36(8)30-57-47(64)19-17-20-48(65)72-32-49(70-10)74-40(14-4)31-63/h21-22,27,33-36,39-40,42,44-46,49-50,63H,11-20,23-26,28-32H2,1-10H3,(H,57,64)(H,58,66)(H,60,67)/t35-,36?,39-,40?,42+,44+,45+,46+,49?,50-/m0/s1. The van der Waals surface area contributed by atoms with Crippen LogP contribution in [0.5, 0.6) is 0 Å². The topological polar surface area (TPSA) is 224 Å². The lowest BCUT2D eigenvalue weighted by Crippen LogP contribution is -2.58. The molecule has 0 bridgehead atoms. The Hall–Kier alpha value is -4.60. The van der Waals surface area contributed by atoms with Gasteiger partial charge in [-0.05, 0) is 107 Å². The predicted octanol–water partition coefficient (Wildman–Crippen LogP) is 6.77. The van der Waals surface area contributed by atoms with Gasteiger partial charge in [-0.15, -0.1) is 11.3 Å². The zero-order valence-electron chi connectivity index (χ0n) is 46.2. The largest absolute Gasteiger partial charge is 0.460 e. The van der Waals surface area contributed by atoms with Gasteiger partial charge in [0.15, 0.2) is 6.29 Å². The molecule has 0 radical (unpaired) electrons. The number of aromatic nitrogens is 1. The van der Waals surface area contributed by atoms with E-state index < -0.39 is 66.3 Å². The number of methoxy groups -OCH3 is 1. The lowest BCUT2D eigenvalue weighted by Gasteiger charge is -2.40. The highest BCUT2D eigenvalue weighted by Crippen LogP contribution is 2.35. The summed E-state index contributed by atoms with van der Waals surface area (Å²) in [5.74, 6) is -3.72. The number of likely N-dealkylation sites (N-methyl/N-ethyl adjacent to an activating group) is 1. The molecule has 1 aliphatic carbocycles. The normalized spacial score (nSPS) is 19.6. The maximum absolute atomic E-state index is 14.8. The van der Waals surface area contributed by atoms with Gasteiger partial charge in [0.1, 0.15) is 41.4 Å². The van der Waals surface area contributed by atoms with Crippen LogP contribution in [0.3, 0.4) is 0 Å². The van der Waals surface area contributed by atoms with Crippen LogP contribution < -0.4 is 16.0 Å². The highest BCUT2D eigenvalue weighted by molar-refractivity contribution is 7.09. The second-order valence-corrected chi connectivity index (χ2v) is 21.4. The molecule has 2 aromatic rings. The van der Waals surface area contributed by atoms with Crippen LogP contribution in [-0.2, 0) is 54.1 Å². The zero-order chi connectivity index (χ0) is 55.2. The molecule has 0 saturated carbocycles.